The predicted molar refractivity (Wildman–Crippen MR) is 76.4 cm³/mol. The summed E-state index contributed by atoms with van der Waals surface area (Å²) in [5.41, 5.74) is 0.293. The Morgan fingerprint density at radius 3 is 2.50 bits per heavy atom. The van der Waals surface area contributed by atoms with Crippen molar-refractivity contribution in [3.05, 3.63) is 35.9 Å². The van der Waals surface area contributed by atoms with E-state index in [9.17, 15) is 9.59 Å². The first kappa shape index (κ1) is 14.6. The van der Waals surface area contributed by atoms with Crippen molar-refractivity contribution in [3.8, 4) is 0 Å². The van der Waals surface area contributed by atoms with Gasteiger partial charge >= 0.3 is 6.09 Å². The Balaban J connectivity index is 2.25. The highest BCUT2D eigenvalue weighted by molar-refractivity contribution is 5.89. The lowest BCUT2D eigenvalue weighted by atomic mass is 9.94. The molecule has 4 nitrogen and oxygen atoms in total. The summed E-state index contributed by atoms with van der Waals surface area (Å²) in [7, 11) is 0. The zero-order valence-electron chi connectivity index (χ0n) is 12.3. The van der Waals surface area contributed by atoms with E-state index in [1.165, 1.54) is 0 Å². The molecule has 1 fully saturated rings. The lowest BCUT2D eigenvalue weighted by molar-refractivity contribution is -0.127. The standard InChI is InChI=1S/C16H21NO3/c1-16(2,3)20-15(19)17-11-7-10-13(18)14(17)12-8-5-4-6-9-12/h4-6,8-9,14H,7,10-11H2,1-3H3. The summed E-state index contributed by atoms with van der Waals surface area (Å²) in [5.74, 6) is 0.0771. The molecule has 0 aliphatic carbocycles. The molecule has 0 aromatic heterocycles. The van der Waals surface area contributed by atoms with Crippen LogP contribution < -0.4 is 0 Å². The lowest BCUT2D eigenvalue weighted by Crippen LogP contribution is -2.45. The van der Waals surface area contributed by atoms with E-state index >= 15 is 0 Å². The number of benzene rings is 1. The third kappa shape index (κ3) is 3.38. The molecule has 1 aliphatic heterocycles. The quantitative estimate of drug-likeness (QED) is 0.789. The summed E-state index contributed by atoms with van der Waals surface area (Å²) in [6, 6.07) is 8.90. The molecule has 0 spiro atoms. The Labute approximate surface area is 119 Å². The van der Waals surface area contributed by atoms with Crippen molar-refractivity contribution >= 4 is 11.9 Å². The van der Waals surface area contributed by atoms with Crippen LogP contribution in [0, 0.1) is 0 Å². The van der Waals surface area contributed by atoms with Gasteiger partial charge < -0.3 is 4.74 Å². The van der Waals surface area contributed by atoms with E-state index in [0.717, 1.165) is 5.56 Å². The van der Waals surface area contributed by atoms with Crippen molar-refractivity contribution in [2.24, 2.45) is 0 Å². The van der Waals surface area contributed by atoms with E-state index in [1.807, 2.05) is 51.1 Å². The molecular weight excluding hydrogens is 254 g/mol. The maximum absolute atomic E-state index is 12.3. The van der Waals surface area contributed by atoms with Crippen LogP contribution in [0.3, 0.4) is 0 Å². The summed E-state index contributed by atoms with van der Waals surface area (Å²) in [5, 5.41) is 0. The molecule has 1 unspecified atom stereocenters. The number of nitrogens with zero attached hydrogens (tertiary/aromatic N) is 1. The van der Waals surface area contributed by atoms with Gasteiger partial charge in [0.1, 0.15) is 11.6 Å². The van der Waals surface area contributed by atoms with Gasteiger partial charge in [-0.25, -0.2) is 4.79 Å². The first-order valence-electron chi connectivity index (χ1n) is 6.96. The third-order valence-corrected chi connectivity index (χ3v) is 3.18. The van der Waals surface area contributed by atoms with Crippen LogP contribution in [0.25, 0.3) is 0 Å². The average molecular weight is 275 g/mol. The van der Waals surface area contributed by atoms with Crippen molar-refractivity contribution < 1.29 is 14.3 Å². The topological polar surface area (TPSA) is 46.6 Å². The van der Waals surface area contributed by atoms with Gasteiger partial charge in [0.15, 0.2) is 5.78 Å². The van der Waals surface area contributed by atoms with Crippen molar-refractivity contribution in [2.75, 3.05) is 6.54 Å². The Hall–Kier alpha value is -1.84. The number of carbonyl (C=O) groups is 2. The molecular formula is C16H21NO3. The van der Waals surface area contributed by atoms with E-state index in [0.29, 0.717) is 19.4 Å². The lowest BCUT2D eigenvalue weighted by Gasteiger charge is -2.36. The minimum atomic E-state index is -0.557. The smallest absolute Gasteiger partial charge is 0.411 e. The molecule has 1 atom stereocenters. The average Bonchev–Trinajstić information content (AvgIpc) is 2.37. The minimum absolute atomic E-state index is 0.0771. The summed E-state index contributed by atoms with van der Waals surface area (Å²) < 4.78 is 5.41. The van der Waals surface area contributed by atoms with Crippen LogP contribution in [-0.4, -0.2) is 28.9 Å². The summed E-state index contributed by atoms with van der Waals surface area (Å²) in [6.45, 7) is 6.04. The molecule has 20 heavy (non-hydrogen) atoms. The van der Waals surface area contributed by atoms with Crippen LogP contribution in [0.5, 0.6) is 0 Å². The van der Waals surface area contributed by atoms with Crippen LogP contribution in [0.15, 0.2) is 30.3 Å². The maximum Gasteiger partial charge on any atom is 0.411 e. The van der Waals surface area contributed by atoms with Gasteiger partial charge in [0, 0.05) is 13.0 Å². The monoisotopic (exact) mass is 275 g/mol. The fourth-order valence-corrected chi connectivity index (χ4v) is 2.38. The van der Waals surface area contributed by atoms with Gasteiger partial charge in [-0.15, -0.1) is 0 Å². The minimum Gasteiger partial charge on any atom is -0.444 e. The summed E-state index contributed by atoms with van der Waals surface area (Å²) in [6.07, 6.45) is 0.791. The zero-order valence-corrected chi connectivity index (χ0v) is 12.3. The molecule has 1 aromatic carbocycles. The first-order chi connectivity index (χ1) is 9.38. The number of ketones is 1. The number of hydrogen-bond donors (Lipinski definition) is 0. The van der Waals surface area contributed by atoms with Gasteiger partial charge in [0.25, 0.3) is 0 Å². The summed E-state index contributed by atoms with van der Waals surface area (Å²) >= 11 is 0. The molecule has 0 bridgehead atoms. The number of piperidine rings is 1. The predicted octanol–water partition coefficient (Wildman–Crippen LogP) is 3.33. The van der Waals surface area contributed by atoms with Crippen molar-refractivity contribution in [3.63, 3.8) is 0 Å². The molecule has 108 valence electrons. The highest BCUT2D eigenvalue weighted by Gasteiger charge is 2.36. The molecule has 0 radical (unpaired) electrons. The van der Waals surface area contributed by atoms with E-state index in [2.05, 4.69) is 0 Å². The van der Waals surface area contributed by atoms with Crippen molar-refractivity contribution in [1.82, 2.24) is 4.90 Å². The summed E-state index contributed by atoms with van der Waals surface area (Å²) in [4.78, 5) is 26.1. The van der Waals surface area contributed by atoms with Crippen LogP contribution >= 0.6 is 0 Å². The number of carbonyl (C=O) groups excluding carboxylic acids is 2. The molecule has 1 heterocycles. The van der Waals surface area contributed by atoms with Gasteiger partial charge in [0.2, 0.25) is 0 Å². The Kier molecular flexibility index (Phi) is 4.12. The number of ether oxygens (including phenoxy) is 1. The Bertz CT molecular complexity index is 490. The third-order valence-electron chi connectivity index (χ3n) is 3.18. The highest BCUT2D eigenvalue weighted by atomic mass is 16.6. The number of rotatable bonds is 1. The van der Waals surface area contributed by atoms with E-state index in [1.54, 1.807) is 4.90 Å². The Morgan fingerprint density at radius 2 is 1.90 bits per heavy atom. The second kappa shape index (κ2) is 5.65. The fourth-order valence-electron chi connectivity index (χ4n) is 2.38. The van der Waals surface area contributed by atoms with Gasteiger partial charge in [0.05, 0.1) is 0 Å². The molecule has 4 heteroatoms. The van der Waals surface area contributed by atoms with Crippen LogP contribution in [0.1, 0.15) is 45.2 Å². The van der Waals surface area contributed by atoms with E-state index in [-0.39, 0.29) is 5.78 Å². The van der Waals surface area contributed by atoms with Gasteiger partial charge in [-0.3, -0.25) is 9.69 Å². The Morgan fingerprint density at radius 1 is 1.25 bits per heavy atom. The maximum atomic E-state index is 12.3. The zero-order chi connectivity index (χ0) is 14.8. The molecule has 1 aromatic rings. The number of Topliss-reactive ketones (excluding diaryl/α,β-unsaturated/α-hetero) is 1. The molecule has 1 aliphatic rings. The number of likely N-dealkylation sites (tertiary alicyclic amines) is 1. The molecule has 0 saturated carbocycles. The van der Waals surface area contributed by atoms with Crippen LogP contribution in [0.4, 0.5) is 4.79 Å². The second-order valence-corrected chi connectivity index (χ2v) is 6.06. The number of amides is 1. The molecule has 2 rings (SSSR count). The van der Waals surface area contributed by atoms with Gasteiger partial charge in [-0.1, -0.05) is 30.3 Å². The van der Waals surface area contributed by atoms with E-state index < -0.39 is 17.7 Å². The molecule has 0 N–H and O–H groups in total. The van der Waals surface area contributed by atoms with Gasteiger partial charge in [-0.2, -0.15) is 0 Å². The van der Waals surface area contributed by atoms with E-state index in [4.69, 9.17) is 4.74 Å². The molecule has 1 amide bonds. The van der Waals surface area contributed by atoms with Crippen molar-refractivity contribution in [2.45, 2.75) is 45.3 Å². The second-order valence-electron chi connectivity index (χ2n) is 6.06. The molecule has 1 saturated heterocycles. The van der Waals surface area contributed by atoms with Crippen LogP contribution in [0.2, 0.25) is 0 Å². The van der Waals surface area contributed by atoms with Crippen LogP contribution in [-0.2, 0) is 9.53 Å². The first-order valence-corrected chi connectivity index (χ1v) is 6.96. The largest absolute Gasteiger partial charge is 0.444 e. The fraction of sp³-hybridized carbons (Fsp3) is 0.500. The number of hydrogen-bond acceptors (Lipinski definition) is 3. The van der Waals surface area contributed by atoms with Crippen molar-refractivity contribution in [1.29, 1.82) is 0 Å². The normalized spacial score (nSPS) is 19.9. The highest BCUT2D eigenvalue weighted by Crippen LogP contribution is 2.29. The van der Waals surface area contributed by atoms with Gasteiger partial charge in [-0.05, 0) is 32.8 Å². The SMILES string of the molecule is CC(C)(C)OC(=O)N1CCCC(=O)C1c1ccccc1.